The summed E-state index contributed by atoms with van der Waals surface area (Å²) < 4.78 is 11.2. The lowest BCUT2D eigenvalue weighted by Crippen LogP contribution is -2.60. The maximum absolute atomic E-state index is 12.9. The van der Waals surface area contributed by atoms with Crippen molar-refractivity contribution in [3.05, 3.63) is 48.6 Å². The van der Waals surface area contributed by atoms with Gasteiger partial charge in [-0.1, -0.05) is 146 Å². The normalized spacial score (nSPS) is 22.1. The van der Waals surface area contributed by atoms with Gasteiger partial charge in [-0.25, -0.2) is 0 Å². The molecule has 0 spiro atoms. The maximum Gasteiger partial charge on any atom is 0.220 e. The van der Waals surface area contributed by atoms with E-state index in [2.05, 4.69) is 55.6 Å². The second kappa shape index (κ2) is 34.6. The van der Waals surface area contributed by atoms with Crippen LogP contribution in [0.3, 0.4) is 0 Å². The van der Waals surface area contributed by atoms with Gasteiger partial charge in [0.05, 0.1) is 25.4 Å². The third-order valence-corrected chi connectivity index (χ3v) is 9.88. The molecular weight excluding hydrogens is 670 g/mol. The molecule has 7 unspecified atom stereocenters. The average molecular weight is 750 g/mol. The number of ether oxygens (including phenoxy) is 2. The molecule has 7 atom stereocenters. The molecule has 0 aromatic carbocycles. The average Bonchev–Trinajstić information content (AvgIpc) is 3.16. The number of rotatable bonds is 34. The molecule has 0 aromatic rings. The van der Waals surface area contributed by atoms with E-state index in [4.69, 9.17) is 9.47 Å². The molecule has 1 saturated heterocycles. The first-order valence-electron chi connectivity index (χ1n) is 21.4. The molecule has 0 radical (unpaired) electrons. The van der Waals surface area contributed by atoms with E-state index in [1.54, 1.807) is 6.08 Å². The van der Waals surface area contributed by atoms with E-state index in [0.717, 1.165) is 64.2 Å². The van der Waals surface area contributed by atoms with Gasteiger partial charge in [0, 0.05) is 6.42 Å². The zero-order valence-corrected chi connectivity index (χ0v) is 33.5. The summed E-state index contributed by atoms with van der Waals surface area (Å²) in [6.45, 7) is 3.70. The summed E-state index contributed by atoms with van der Waals surface area (Å²) in [5.41, 5.74) is 0. The van der Waals surface area contributed by atoms with E-state index in [1.807, 2.05) is 6.08 Å². The number of nitrogens with one attached hydrogen (secondary N) is 1. The minimum atomic E-state index is -1.57. The highest BCUT2D eigenvalue weighted by molar-refractivity contribution is 5.76. The van der Waals surface area contributed by atoms with Gasteiger partial charge in [-0.05, 0) is 64.2 Å². The zero-order chi connectivity index (χ0) is 38.8. The molecule has 9 heteroatoms. The van der Waals surface area contributed by atoms with Crippen LogP contribution in [0.15, 0.2) is 48.6 Å². The second-order valence-electron chi connectivity index (χ2n) is 14.8. The van der Waals surface area contributed by atoms with Crippen LogP contribution in [0.5, 0.6) is 0 Å². The van der Waals surface area contributed by atoms with Gasteiger partial charge < -0.3 is 40.3 Å². The van der Waals surface area contributed by atoms with Crippen LogP contribution in [0, 0.1) is 0 Å². The second-order valence-corrected chi connectivity index (χ2v) is 14.8. The van der Waals surface area contributed by atoms with Gasteiger partial charge in [-0.2, -0.15) is 0 Å². The summed E-state index contributed by atoms with van der Waals surface area (Å²) in [4.78, 5) is 12.9. The minimum Gasteiger partial charge on any atom is -0.394 e. The van der Waals surface area contributed by atoms with Gasteiger partial charge in [-0.15, -0.1) is 0 Å². The number of aliphatic hydroxyl groups excluding tert-OH is 5. The van der Waals surface area contributed by atoms with E-state index in [-0.39, 0.29) is 12.5 Å². The fourth-order valence-electron chi connectivity index (χ4n) is 6.38. The molecule has 1 fully saturated rings. The van der Waals surface area contributed by atoms with Crippen LogP contribution in [-0.4, -0.2) is 87.5 Å². The molecule has 1 amide bonds. The lowest BCUT2D eigenvalue weighted by Gasteiger charge is -2.40. The van der Waals surface area contributed by atoms with Crippen LogP contribution in [0.1, 0.15) is 168 Å². The molecule has 0 saturated carbocycles. The molecule has 0 aliphatic carbocycles. The summed E-state index contributed by atoms with van der Waals surface area (Å²) in [5.74, 6) is -0.204. The molecular formula is C44H79NO8. The molecule has 1 heterocycles. The number of hydrogen-bond donors (Lipinski definition) is 6. The number of carbonyl (C=O) groups is 1. The SMILES string of the molecule is CCCCC/C=C\C/C=C\CCCCCCCC(=O)NC(COC1OC(CO)C(O)C(O)C1O)C(O)/C=C/CC/C=C/CCCCCCCCCCC. The molecule has 0 aromatic heterocycles. The Labute approximate surface area is 323 Å². The Morgan fingerprint density at radius 2 is 1.13 bits per heavy atom. The van der Waals surface area contributed by atoms with Crippen molar-refractivity contribution < 1.29 is 39.8 Å². The zero-order valence-electron chi connectivity index (χ0n) is 33.5. The van der Waals surface area contributed by atoms with E-state index in [0.29, 0.717) is 6.42 Å². The number of amides is 1. The van der Waals surface area contributed by atoms with Crippen LogP contribution >= 0.6 is 0 Å². The van der Waals surface area contributed by atoms with Crippen molar-refractivity contribution in [3.63, 3.8) is 0 Å². The third-order valence-electron chi connectivity index (χ3n) is 9.88. The van der Waals surface area contributed by atoms with Gasteiger partial charge in [0.2, 0.25) is 5.91 Å². The van der Waals surface area contributed by atoms with Gasteiger partial charge >= 0.3 is 0 Å². The highest BCUT2D eigenvalue weighted by Crippen LogP contribution is 2.22. The van der Waals surface area contributed by atoms with Crippen molar-refractivity contribution in [2.45, 2.75) is 211 Å². The van der Waals surface area contributed by atoms with Crippen LogP contribution in [-0.2, 0) is 14.3 Å². The maximum atomic E-state index is 12.9. The highest BCUT2D eigenvalue weighted by Gasteiger charge is 2.44. The molecule has 1 aliphatic heterocycles. The van der Waals surface area contributed by atoms with Crippen molar-refractivity contribution in [1.29, 1.82) is 0 Å². The van der Waals surface area contributed by atoms with E-state index < -0.39 is 49.5 Å². The van der Waals surface area contributed by atoms with Crippen molar-refractivity contribution in [1.82, 2.24) is 5.32 Å². The summed E-state index contributed by atoms with van der Waals surface area (Å²) in [6.07, 6.45) is 35.8. The molecule has 1 aliphatic rings. The fraction of sp³-hybridized carbons (Fsp3) is 0.795. The van der Waals surface area contributed by atoms with Gasteiger partial charge in [-0.3, -0.25) is 4.79 Å². The summed E-state index contributed by atoms with van der Waals surface area (Å²) in [6, 6.07) is -0.828. The smallest absolute Gasteiger partial charge is 0.220 e. The first kappa shape index (κ1) is 49.2. The first-order valence-corrected chi connectivity index (χ1v) is 21.4. The Kier molecular flexibility index (Phi) is 32.1. The standard InChI is InChI=1S/C44H79NO8/c1-3-5-7-9-11-13-15-17-19-21-23-25-27-29-31-33-38(47)37(36-52-44-43(51)42(50)41(49)39(35-46)53-44)45-40(48)34-32-30-28-26-24-22-20-18-16-14-12-10-8-6-4-2/h12,14,18,20,23,25,31,33,37-39,41-44,46-47,49-51H,3-11,13,15-17,19,21-22,24,26-30,32,34-36H2,1-2H3,(H,45,48)/b14-12-,20-18-,25-23+,33-31+. The number of hydrogen-bond acceptors (Lipinski definition) is 8. The molecule has 308 valence electrons. The number of aliphatic hydroxyl groups is 5. The predicted molar refractivity (Wildman–Crippen MR) is 216 cm³/mol. The van der Waals surface area contributed by atoms with E-state index in [1.165, 1.54) is 83.5 Å². The topological polar surface area (TPSA) is 149 Å². The van der Waals surface area contributed by atoms with Gasteiger partial charge in [0.1, 0.15) is 24.4 Å². The first-order chi connectivity index (χ1) is 25.8. The van der Waals surface area contributed by atoms with E-state index in [9.17, 15) is 30.3 Å². The number of unbranched alkanes of at least 4 members (excludes halogenated alkanes) is 18. The minimum absolute atomic E-state index is 0.204. The van der Waals surface area contributed by atoms with Crippen molar-refractivity contribution in [3.8, 4) is 0 Å². The Morgan fingerprint density at radius 3 is 1.74 bits per heavy atom. The number of allylic oxidation sites excluding steroid dienone is 7. The van der Waals surface area contributed by atoms with Crippen molar-refractivity contribution in [2.24, 2.45) is 0 Å². The van der Waals surface area contributed by atoms with Crippen LogP contribution in [0.4, 0.5) is 0 Å². The molecule has 6 N–H and O–H groups in total. The van der Waals surface area contributed by atoms with E-state index >= 15 is 0 Å². The lowest BCUT2D eigenvalue weighted by atomic mass is 9.99. The predicted octanol–water partition coefficient (Wildman–Crippen LogP) is 8.28. The fourth-order valence-corrected chi connectivity index (χ4v) is 6.38. The third kappa shape index (κ3) is 25.8. The Morgan fingerprint density at radius 1 is 0.642 bits per heavy atom. The van der Waals surface area contributed by atoms with Crippen LogP contribution in [0.25, 0.3) is 0 Å². The van der Waals surface area contributed by atoms with Gasteiger partial charge in [0.25, 0.3) is 0 Å². The van der Waals surface area contributed by atoms with Crippen LogP contribution in [0.2, 0.25) is 0 Å². The highest BCUT2D eigenvalue weighted by atomic mass is 16.7. The van der Waals surface area contributed by atoms with Crippen molar-refractivity contribution >= 4 is 5.91 Å². The molecule has 1 rings (SSSR count). The summed E-state index contributed by atoms with van der Waals surface area (Å²) in [7, 11) is 0. The molecule has 9 nitrogen and oxygen atoms in total. The lowest BCUT2D eigenvalue weighted by molar-refractivity contribution is -0.302. The van der Waals surface area contributed by atoms with Crippen LogP contribution < -0.4 is 5.32 Å². The van der Waals surface area contributed by atoms with Gasteiger partial charge in [0.15, 0.2) is 6.29 Å². The number of carbonyl (C=O) groups excluding carboxylic acids is 1. The monoisotopic (exact) mass is 750 g/mol. The summed E-state index contributed by atoms with van der Waals surface area (Å²) in [5, 5.41) is 54.0. The Hall–Kier alpha value is -1.85. The largest absolute Gasteiger partial charge is 0.394 e. The van der Waals surface area contributed by atoms with Crippen molar-refractivity contribution in [2.75, 3.05) is 13.2 Å². The Balaban J connectivity index is 2.45. The quantitative estimate of drug-likeness (QED) is 0.0285. The molecule has 0 bridgehead atoms. The Bertz CT molecular complexity index is 967. The molecule has 53 heavy (non-hydrogen) atoms. The summed E-state index contributed by atoms with van der Waals surface area (Å²) >= 11 is 0.